The Hall–Kier alpha value is -1.98. The van der Waals surface area contributed by atoms with E-state index in [0.29, 0.717) is 6.04 Å². The topological polar surface area (TPSA) is 42.2 Å². The summed E-state index contributed by atoms with van der Waals surface area (Å²) in [6.07, 6.45) is 6.75. The van der Waals surface area contributed by atoms with Gasteiger partial charge in [0.05, 0.1) is 16.6 Å². The standard InChI is InChI=1S/C19H21N3OS/c1-2-8-17(16-13-18(23-21-16)19-9-6-12-24-19)22(11-5-1)14-15-7-3-4-10-20-15/h3-4,6-7,9-10,12-13,17H,1-2,5,8,11,14H2/t17-/m0/s1. The van der Waals surface area contributed by atoms with E-state index in [2.05, 4.69) is 44.7 Å². The van der Waals surface area contributed by atoms with Gasteiger partial charge in [-0.1, -0.05) is 30.1 Å². The second kappa shape index (κ2) is 7.28. The van der Waals surface area contributed by atoms with Crippen LogP contribution >= 0.6 is 11.3 Å². The number of pyridine rings is 1. The molecule has 1 atom stereocenters. The van der Waals surface area contributed by atoms with Crippen LogP contribution in [0.15, 0.2) is 52.5 Å². The van der Waals surface area contributed by atoms with Gasteiger partial charge < -0.3 is 4.52 Å². The molecule has 4 nitrogen and oxygen atoms in total. The first-order chi connectivity index (χ1) is 11.9. The fourth-order valence-corrected chi connectivity index (χ4v) is 4.05. The highest BCUT2D eigenvalue weighted by molar-refractivity contribution is 7.13. The summed E-state index contributed by atoms with van der Waals surface area (Å²) in [6, 6.07) is 12.7. The smallest absolute Gasteiger partial charge is 0.177 e. The average Bonchev–Trinajstić information content (AvgIpc) is 3.25. The molecule has 0 saturated carbocycles. The maximum Gasteiger partial charge on any atom is 0.177 e. The molecule has 1 saturated heterocycles. The molecule has 0 aliphatic carbocycles. The monoisotopic (exact) mass is 339 g/mol. The molecule has 3 aromatic heterocycles. The zero-order chi connectivity index (χ0) is 16.2. The number of rotatable bonds is 4. The maximum absolute atomic E-state index is 5.62. The summed E-state index contributed by atoms with van der Waals surface area (Å²) in [5, 5.41) is 6.46. The summed E-state index contributed by atoms with van der Waals surface area (Å²) in [7, 11) is 0. The fourth-order valence-electron chi connectivity index (χ4n) is 3.37. The van der Waals surface area contributed by atoms with Gasteiger partial charge in [0.1, 0.15) is 5.69 Å². The summed E-state index contributed by atoms with van der Waals surface area (Å²) in [6.45, 7) is 1.95. The molecule has 0 unspecified atom stereocenters. The van der Waals surface area contributed by atoms with Crippen molar-refractivity contribution in [2.45, 2.75) is 38.3 Å². The highest BCUT2D eigenvalue weighted by Gasteiger charge is 2.26. The minimum atomic E-state index is 0.312. The summed E-state index contributed by atoms with van der Waals surface area (Å²) in [4.78, 5) is 8.14. The number of hydrogen-bond acceptors (Lipinski definition) is 5. The second-order valence-electron chi connectivity index (χ2n) is 6.25. The average molecular weight is 339 g/mol. The van der Waals surface area contributed by atoms with Crippen molar-refractivity contribution in [2.75, 3.05) is 6.54 Å². The molecule has 124 valence electrons. The number of likely N-dealkylation sites (tertiary alicyclic amines) is 1. The van der Waals surface area contributed by atoms with Crippen LogP contribution in [0.25, 0.3) is 10.6 Å². The van der Waals surface area contributed by atoms with Crippen LogP contribution in [0.5, 0.6) is 0 Å². The van der Waals surface area contributed by atoms with Crippen LogP contribution in [-0.4, -0.2) is 21.6 Å². The minimum Gasteiger partial charge on any atom is -0.355 e. The molecule has 3 aromatic rings. The highest BCUT2D eigenvalue weighted by Crippen LogP contribution is 2.33. The Kier molecular flexibility index (Phi) is 4.71. The van der Waals surface area contributed by atoms with E-state index in [4.69, 9.17) is 4.52 Å². The molecule has 1 fully saturated rings. The Bertz CT molecular complexity index is 754. The minimum absolute atomic E-state index is 0.312. The maximum atomic E-state index is 5.62. The highest BCUT2D eigenvalue weighted by atomic mass is 32.1. The van der Waals surface area contributed by atoms with Crippen molar-refractivity contribution in [3.8, 4) is 10.6 Å². The van der Waals surface area contributed by atoms with Crippen molar-refractivity contribution < 1.29 is 4.52 Å². The molecular formula is C19H21N3OS. The first kappa shape index (κ1) is 15.5. The predicted octanol–water partition coefficient (Wildman–Crippen LogP) is 4.92. The van der Waals surface area contributed by atoms with Gasteiger partial charge in [-0.25, -0.2) is 0 Å². The molecule has 0 spiro atoms. The van der Waals surface area contributed by atoms with E-state index in [1.807, 2.05) is 18.3 Å². The van der Waals surface area contributed by atoms with Crippen LogP contribution in [0.3, 0.4) is 0 Å². The van der Waals surface area contributed by atoms with Crippen molar-refractivity contribution >= 4 is 11.3 Å². The molecule has 4 rings (SSSR count). The summed E-state index contributed by atoms with van der Waals surface area (Å²) in [5.41, 5.74) is 2.17. The summed E-state index contributed by atoms with van der Waals surface area (Å²) >= 11 is 1.69. The van der Waals surface area contributed by atoms with Gasteiger partial charge in [0.25, 0.3) is 0 Å². The Labute approximate surface area is 146 Å². The van der Waals surface area contributed by atoms with Crippen LogP contribution in [0.2, 0.25) is 0 Å². The molecule has 0 amide bonds. The van der Waals surface area contributed by atoms with Crippen LogP contribution in [0.4, 0.5) is 0 Å². The predicted molar refractivity (Wildman–Crippen MR) is 95.7 cm³/mol. The second-order valence-corrected chi connectivity index (χ2v) is 7.20. The first-order valence-corrected chi connectivity index (χ1v) is 9.42. The van der Waals surface area contributed by atoms with Crippen molar-refractivity contribution in [1.29, 1.82) is 0 Å². The van der Waals surface area contributed by atoms with E-state index < -0.39 is 0 Å². The molecule has 4 heterocycles. The Morgan fingerprint density at radius 2 is 2.17 bits per heavy atom. The number of thiophene rings is 1. The Balaban J connectivity index is 1.58. The molecule has 0 radical (unpaired) electrons. The van der Waals surface area contributed by atoms with E-state index in [9.17, 15) is 0 Å². The Morgan fingerprint density at radius 3 is 3.00 bits per heavy atom. The first-order valence-electron chi connectivity index (χ1n) is 8.54. The van der Waals surface area contributed by atoms with Gasteiger partial charge in [-0.15, -0.1) is 11.3 Å². The summed E-state index contributed by atoms with van der Waals surface area (Å²) in [5.74, 6) is 0.877. The van der Waals surface area contributed by atoms with Crippen molar-refractivity contribution in [3.63, 3.8) is 0 Å². The molecule has 1 aliphatic rings. The molecule has 0 N–H and O–H groups in total. The van der Waals surface area contributed by atoms with Crippen molar-refractivity contribution in [2.24, 2.45) is 0 Å². The number of nitrogens with zero attached hydrogens (tertiary/aromatic N) is 3. The SMILES string of the molecule is c1ccc(CN2CCCCC[C@H]2c2cc(-c3cccs3)on2)nc1. The van der Waals surface area contributed by atoms with E-state index in [1.165, 1.54) is 19.3 Å². The fraction of sp³-hybridized carbons (Fsp3) is 0.368. The molecule has 24 heavy (non-hydrogen) atoms. The van der Waals surface area contributed by atoms with E-state index in [0.717, 1.165) is 41.5 Å². The molecule has 5 heteroatoms. The van der Waals surface area contributed by atoms with Gasteiger partial charge in [-0.3, -0.25) is 9.88 Å². The summed E-state index contributed by atoms with van der Waals surface area (Å²) < 4.78 is 5.62. The quantitative estimate of drug-likeness (QED) is 0.677. The lowest BCUT2D eigenvalue weighted by atomic mass is 10.1. The van der Waals surface area contributed by atoms with Crippen molar-refractivity contribution in [3.05, 3.63) is 59.4 Å². The van der Waals surface area contributed by atoms with Gasteiger partial charge >= 0.3 is 0 Å². The lowest BCUT2D eigenvalue weighted by Gasteiger charge is -2.27. The zero-order valence-corrected chi connectivity index (χ0v) is 14.4. The lowest BCUT2D eigenvalue weighted by Crippen LogP contribution is -2.28. The zero-order valence-electron chi connectivity index (χ0n) is 13.6. The van der Waals surface area contributed by atoms with Gasteiger partial charge in [0.15, 0.2) is 5.76 Å². The van der Waals surface area contributed by atoms with Gasteiger partial charge in [-0.2, -0.15) is 0 Å². The largest absolute Gasteiger partial charge is 0.355 e. The molecular weight excluding hydrogens is 318 g/mol. The number of hydrogen-bond donors (Lipinski definition) is 0. The lowest BCUT2D eigenvalue weighted by molar-refractivity contribution is 0.182. The van der Waals surface area contributed by atoms with Crippen LogP contribution in [0, 0.1) is 0 Å². The van der Waals surface area contributed by atoms with E-state index in [1.54, 1.807) is 11.3 Å². The third kappa shape index (κ3) is 3.42. The molecule has 1 aliphatic heterocycles. The van der Waals surface area contributed by atoms with Crippen LogP contribution < -0.4 is 0 Å². The van der Waals surface area contributed by atoms with E-state index in [-0.39, 0.29) is 0 Å². The van der Waals surface area contributed by atoms with Crippen molar-refractivity contribution in [1.82, 2.24) is 15.0 Å². The molecule has 0 bridgehead atoms. The van der Waals surface area contributed by atoms with Crippen LogP contribution in [0.1, 0.15) is 43.1 Å². The normalized spacial score (nSPS) is 19.2. The van der Waals surface area contributed by atoms with E-state index >= 15 is 0 Å². The number of aromatic nitrogens is 2. The van der Waals surface area contributed by atoms with Gasteiger partial charge in [0, 0.05) is 18.8 Å². The Morgan fingerprint density at radius 1 is 1.17 bits per heavy atom. The van der Waals surface area contributed by atoms with Gasteiger partial charge in [-0.05, 0) is 43.0 Å². The third-order valence-electron chi connectivity index (χ3n) is 4.59. The molecule has 0 aromatic carbocycles. The van der Waals surface area contributed by atoms with Crippen LogP contribution in [-0.2, 0) is 6.54 Å². The third-order valence-corrected chi connectivity index (χ3v) is 5.47. The van der Waals surface area contributed by atoms with Gasteiger partial charge in [0.2, 0.25) is 0 Å².